The summed E-state index contributed by atoms with van der Waals surface area (Å²) in [5, 5.41) is 17.0. The molecule has 9 nitrogen and oxygen atoms in total. The second-order valence-corrected chi connectivity index (χ2v) is 13.0. The summed E-state index contributed by atoms with van der Waals surface area (Å²) in [6, 6.07) is 11.0. The molecule has 2 N–H and O–H groups in total. The van der Waals surface area contributed by atoms with Gasteiger partial charge in [0.1, 0.15) is 11.4 Å². The van der Waals surface area contributed by atoms with E-state index in [0.29, 0.717) is 38.1 Å². The second-order valence-electron chi connectivity index (χ2n) is 12.5. The van der Waals surface area contributed by atoms with Gasteiger partial charge in [0, 0.05) is 44.1 Å². The van der Waals surface area contributed by atoms with E-state index < -0.39 is 5.60 Å². The number of halogens is 1. The van der Waals surface area contributed by atoms with E-state index >= 15 is 0 Å². The van der Waals surface area contributed by atoms with Gasteiger partial charge in [0.15, 0.2) is 6.35 Å². The Morgan fingerprint density at radius 2 is 2.12 bits per heavy atom. The Balaban J connectivity index is 1.22. The first-order valence-electron chi connectivity index (χ1n) is 15.2. The summed E-state index contributed by atoms with van der Waals surface area (Å²) in [5.74, 6) is 1.15. The lowest BCUT2D eigenvalue weighted by Crippen LogP contribution is -2.74. The molecule has 0 aromatic heterocycles. The Hall–Kier alpha value is -2.19. The topological polar surface area (TPSA) is 93.1 Å². The fourth-order valence-electron chi connectivity index (χ4n) is 7.82. The Morgan fingerprint density at radius 3 is 2.90 bits per heavy atom. The molecule has 8 atom stereocenters. The van der Waals surface area contributed by atoms with Gasteiger partial charge in [0.05, 0.1) is 36.7 Å². The number of carbonyl (C=O) groups is 1. The molecule has 4 fully saturated rings. The highest BCUT2D eigenvalue weighted by atomic mass is 35.5. The molecule has 4 heterocycles. The summed E-state index contributed by atoms with van der Waals surface area (Å²) < 4.78 is 13.3. The molecule has 10 heteroatoms. The first-order valence-corrected chi connectivity index (χ1v) is 15.6. The third-order valence-corrected chi connectivity index (χ3v) is 10.7. The molecule has 1 aromatic rings. The average Bonchev–Trinajstić information content (AvgIpc) is 3.40. The van der Waals surface area contributed by atoms with Crippen molar-refractivity contribution in [1.29, 1.82) is 5.26 Å². The van der Waals surface area contributed by atoms with Crippen molar-refractivity contribution in [3.8, 4) is 11.8 Å². The third-order valence-electron chi connectivity index (χ3n) is 10.2. The van der Waals surface area contributed by atoms with Crippen molar-refractivity contribution >= 4 is 17.5 Å². The number of nitrogens with zero attached hydrogens (tertiary/aromatic N) is 4. The Kier molecular flexibility index (Phi) is 8.60. The number of carbonyl (C=O) groups excluding carboxylic acids is 1. The zero-order valence-corrected chi connectivity index (χ0v) is 24.8. The molecule has 5 aliphatic rings. The SMILES string of the molecule is C=CC(=O)N1CCN(C2NC(OCC3CCCN3C)NC3C[C@]4(CCC32)Oc2ccccc2CC4Cl)CC1CC#N. The minimum Gasteiger partial charge on any atom is -0.485 e. The lowest BCUT2D eigenvalue weighted by molar-refractivity contribution is -0.139. The van der Waals surface area contributed by atoms with Crippen molar-refractivity contribution < 1.29 is 14.3 Å². The van der Waals surface area contributed by atoms with Gasteiger partial charge < -0.3 is 19.3 Å². The van der Waals surface area contributed by atoms with Gasteiger partial charge in [-0.1, -0.05) is 24.8 Å². The van der Waals surface area contributed by atoms with Crippen LogP contribution in [-0.2, 0) is 16.0 Å². The molecule has 6 rings (SSSR count). The van der Waals surface area contributed by atoms with Crippen LogP contribution in [0.15, 0.2) is 36.9 Å². The van der Waals surface area contributed by atoms with Gasteiger partial charge in [-0.25, -0.2) is 0 Å². The summed E-state index contributed by atoms with van der Waals surface area (Å²) in [6.07, 6.45) is 7.20. The number of likely N-dealkylation sites (tertiary alicyclic amines) is 1. The van der Waals surface area contributed by atoms with E-state index in [0.717, 1.165) is 50.9 Å². The number of piperazine rings is 1. The maximum Gasteiger partial charge on any atom is 0.246 e. The molecule has 1 amide bonds. The highest BCUT2D eigenvalue weighted by Crippen LogP contribution is 2.47. The molecule has 0 radical (unpaired) electrons. The van der Waals surface area contributed by atoms with Gasteiger partial charge in [-0.2, -0.15) is 5.26 Å². The molecule has 0 bridgehead atoms. The van der Waals surface area contributed by atoms with E-state index in [2.05, 4.69) is 52.3 Å². The predicted octanol–water partition coefficient (Wildman–Crippen LogP) is 2.66. The van der Waals surface area contributed by atoms with Crippen molar-refractivity contribution in [3.05, 3.63) is 42.5 Å². The standard InChI is InChI=1S/C31H43ClN6O3/c1-3-28(39)38-16-15-37(19-22(38)11-13-33)29-24-10-12-31(27(32)17-21-7-4-5-9-26(21)41-31)18-25(24)34-30(35-29)40-20-23-8-6-14-36(23)2/h3-5,7,9,22-25,27,29-30,34-35H,1,6,8,10-12,14-20H2,2H3/t22?,23?,24?,25?,27?,29?,30?,31-/m0/s1. The Labute approximate surface area is 248 Å². The van der Waals surface area contributed by atoms with Gasteiger partial charge in [-0.15, -0.1) is 11.6 Å². The second kappa shape index (κ2) is 12.2. The van der Waals surface area contributed by atoms with Gasteiger partial charge >= 0.3 is 0 Å². The molecule has 222 valence electrons. The molecular formula is C31H43ClN6O3. The van der Waals surface area contributed by atoms with Crippen LogP contribution in [0.5, 0.6) is 5.75 Å². The molecule has 3 saturated heterocycles. The van der Waals surface area contributed by atoms with Gasteiger partial charge in [0.2, 0.25) is 5.91 Å². The molecular weight excluding hydrogens is 540 g/mol. The number of hydrogen-bond acceptors (Lipinski definition) is 8. The number of alkyl halides is 1. The fourth-order valence-corrected chi connectivity index (χ4v) is 8.23. The van der Waals surface area contributed by atoms with Crippen LogP contribution in [0.1, 0.15) is 44.1 Å². The molecule has 1 aromatic carbocycles. The molecule has 7 unspecified atom stereocenters. The number of benzene rings is 1. The van der Waals surface area contributed by atoms with Crippen LogP contribution >= 0.6 is 11.6 Å². The number of rotatable bonds is 6. The Morgan fingerprint density at radius 1 is 1.27 bits per heavy atom. The summed E-state index contributed by atoms with van der Waals surface area (Å²) >= 11 is 7.12. The number of likely N-dealkylation sites (N-methyl/N-ethyl adjacent to an activating group) is 1. The molecule has 41 heavy (non-hydrogen) atoms. The summed E-state index contributed by atoms with van der Waals surface area (Å²) in [4.78, 5) is 19.2. The van der Waals surface area contributed by atoms with Crippen LogP contribution in [0, 0.1) is 17.2 Å². The van der Waals surface area contributed by atoms with E-state index in [-0.39, 0.29) is 35.9 Å². The smallest absolute Gasteiger partial charge is 0.246 e. The van der Waals surface area contributed by atoms with Gasteiger partial charge in [-0.3, -0.25) is 20.3 Å². The molecule has 1 saturated carbocycles. The highest BCUT2D eigenvalue weighted by Gasteiger charge is 2.54. The van der Waals surface area contributed by atoms with Crippen molar-refractivity contribution in [2.75, 3.05) is 39.8 Å². The summed E-state index contributed by atoms with van der Waals surface area (Å²) in [7, 11) is 2.17. The fraction of sp³-hybridized carbons (Fsp3) is 0.677. The normalized spacial score (nSPS) is 37.6. The first kappa shape index (κ1) is 28.9. The molecule has 4 aliphatic heterocycles. The first-order chi connectivity index (χ1) is 19.9. The monoisotopic (exact) mass is 582 g/mol. The number of amides is 1. The summed E-state index contributed by atoms with van der Waals surface area (Å²) in [5.41, 5.74) is 0.745. The zero-order valence-electron chi connectivity index (χ0n) is 24.0. The maximum absolute atomic E-state index is 12.5. The van der Waals surface area contributed by atoms with E-state index in [1.165, 1.54) is 18.1 Å². The van der Waals surface area contributed by atoms with E-state index in [4.69, 9.17) is 21.1 Å². The zero-order chi connectivity index (χ0) is 28.6. The minimum absolute atomic E-state index is 0.0525. The van der Waals surface area contributed by atoms with Crippen LogP contribution in [0.2, 0.25) is 0 Å². The lowest BCUT2D eigenvalue weighted by atomic mass is 9.70. The average molecular weight is 583 g/mol. The van der Waals surface area contributed by atoms with Crippen LogP contribution in [0.3, 0.4) is 0 Å². The number of para-hydroxylation sites is 1. The van der Waals surface area contributed by atoms with Gasteiger partial charge in [0.25, 0.3) is 0 Å². The van der Waals surface area contributed by atoms with Crippen molar-refractivity contribution in [1.82, 2.24) is 25.3 Å². The summed E-state index contributed by atoms with van der Waals surface area (Å²) in [6.45, 7) is 7.39. The molecule has 1 aliphatic carbocycles. The predicted molar refractivity (Wildman–Crippen MR) is 157 cm³/mol. The highest BCUT2D eigenvalue weighted by molar-refractivity contribution is 6.21. The number of ether oxygens (including phenoxy) is 2. The lowest BCUT2D eigenvalue weighted by Gasteiger charge is -2.56. The van der Waals surface area contributed by atoms with Crippen molar-refractivity contribution in [2.45, 2.75) is 86.6 Å². The largest absolute Gasteiger partial charge is 0.485 e. The third kappa shape index (κ3) is 5.75. The number of hydrogen-bond donors (Lipinski definition) is 2. The number of fused-ring (bicyclic) bond motifs is 2. The van der Waals surface area contributed by atoms with Crippen LogP contribution in [0.25, 0.3) is 0 Å². The number of nitrogens with one attached hydrogen (secondary N) is 2. The van der Waals surface area contributed by atoms with Crippen molar-refractivity contribution in [2.24, 2.45) is 5.92 Å². The van der Waals surface area contributed by atoms with Crippen LogP contribution < -0.4 is 15.4 Å². The van der Waals surface area contributed by atoms with E-state index in [9.17, 15) is 10.1 Å². The van der Waals surface area contributed by atoms with E-state index in [1.54, 1.807) is 4.90 Å². The minimum atomic E-state index is -0.430. The quantitative estimate of drug-likeness (QED) is 0.391. The van der Waals surface area contributed by atoms with Gasteiger partial charge in [-0.05, 0) is 63.4 Å². The van der Waals surface area contributed by atoms with Crippen molar-refractivity contribution in [3.63, 3.8) is 0 Å². The van der Waals surface area contributed by atoms with E-state index in [1.807, 2.05) is 12.1 Å². The number of nitriles is 1. The van der Waals surface area contributed by atoms with Crippen LogP contribution in [-0.4, -0.2) is 102 Å². The Bertz CT molecular complexity index is 1160. The molecule has 1 spiro atoms. The van der Waals surface area contributed by atoms with Crippen LogP contribution in [0.4, 0.5) is 0 Å². The maximum atomic E-state index is 12.5.